The summed E-state index contributed by atoms with van der Waals surface area (Å²) in [7, 11) is 0. The molecule has 4 nitrogen and oxygen atoms in total. The van der Waals surface area contributed by atoms with Gasteiger partial charge in [-0.15, -0.1) is 0 Å². The molecule has 116 valence electrons. The maximum absolute atomic E-state index is 12.1. The van der Waals surface area contributed by atoms with Crippen LogP contribution in [0, 0.1) is 5.92 Å². The lowest BCUT2D eigenvalue weighted by molar-refractivity contribution is -0.126. The molecule has 0 radical (unpaired) electrons. The Hall–Kier alpha value is -1.55. The number of nitrogens with two attached hydrogens (primary N) is 1. The Balaban J connectivity index is 1.80. The van der Waals surface area contributed by atoms with E-state index < -0.39 is 0 Å². The van der Waals surface area contributed by atoms with Crippen LogP contribution in [-0.2, 0) is 11.2 Å². The number of amides is 1. The number of ether oxygens (including phenoxy) is 1. The highest BCUT2D eigenvalue weighted by molar-refractivity contribution is 5.78. The van der Waals surface area contributed by atoms with Gasteiger partial charge in [0.15, 0.2) is 0 Å². The molecule has 4 heteroatoms. The third-order valence-corrected chi connectivity index (χ3v) is 4.05. The molecule has 0 saturated heterocycles. The predicted molar refractivity (Wildman–Crippen MR) is 84.3 cm³/mol. The molecule has 1 aromatic rings. The van der Waals surface area contributed by atoms with E-state index in [-0.39, 0.29) is 17.9 Å². The van der Waals surface area contributed by atoms with Gasteiger partial charge in [-0.2, -0.15) is 0 Å². The molecule has 3 N–H and O–H groups in total. The number of carbonyl (C=O) groups excluding carboxylic acids is 1. The maximum atomic E-state index is 12.1. The van der Waals surface area contributed by atoms with Crippen molar-refractivity contribution in [1.82, 2.24) is 5.32 Å². The number of carbonyl (C=O) groups is 1. The summed E-state index contributed by atoms with van der Waals surface area (Å²) in [5, 5.41) is 3.04. The summed E-state index contributed by atoms with van der Waals surface area (Å²) < 4.78 is 5.60. The molecule has 1 aliphatic carbocycles. The van der Waals surface area contributed by atoms with E-state index in [1.54, 1.807) is 0 Å². The number of hydrogen-bond donors (Lipinski definition) is 2. The lowest BCUT2D eigenvalue weighted by atomic mass is 9.85. The molecule has 1 saturated carbocycles. The van der Waals surface area contributed by atoms with Crippen molar-refractivity contribution < 1.29 is 9.53 Å². The fourth-order valence-corrected chi connectivity index (χ4v) is 2.94. The molecule has 2 atom stereocenters. The summed E-state index contributed by atoms with van der Waals surface area (Å²) in [6.45, 7) is 3.28. The van der Waals surface area contributed by atoms with E-state index in [1.807, 2.05) is 31.2 Å². The lowest BCUT2D eigenvalue weighted by Gasteiger charge is -2.25. The van der Waals surface area contributed by atoms with Gasteiger partial charge in [0.05, 0.1) is 6.61 Å². The summed E-state index contributed by atoms with van der Waals surface area (Å²) >= 11 is 0. The fraction of sp³-hybridized carbons (Fsp3) is 0.588. The second-order valence-corrected chi connectivity index (χ2v) is 5.71. The highest BCUT2D eigenvalue weighted by Crippen LogP contribution is 2.23. The van der Waals surface area contributed by atoms with E-state index in [9.17, 15) is 4.79 Å². The summed E-state index contributed by atoms with van der Waals surface area (Å²) in [6, 6.07) is 8.18. The normalized spacial score (nSPS) is 21.8. The second-order valence-electron chi connectivity index (χ2n) is 5.71. The van der Waals surface area contributed by atoms with Gasteiger partial charge in [0.1, 0.15) is 5.75 Å². The van der Waals surface area contributed by atoms with Crippen molar-refractivity contribution in [2.24, 2.45) is 11.7 Å². The number of para-hydroxylation sites is 1. The number of hydrogen-bond acceptors (Lipinski definition) is 3. The second kappa shape index (κ2) is 8.03. The summed E-state index contributed by atoms with van der Waals surface area (Å²) in [5.41, 5.74) is 7.08. The van der Waals surface area contributed by atoms with E-state index in [0.29, 0.717) is 13.2 Å². The first-order valence-electron chi connectivity index (χ1n) is 7.94. The smallest absolute Gasteiger partial charge is 0.223 e. The molecular formula is C17H26N2O2. The third-order valence-electron chi connectivity index (χ3n) is 4.05. The minimum atomic E-state index is 0.0934. The maximum Gasteiger partial charge on any atom is 0.223 e. The SMILES string of the molecule is CCOc1ccccc1CCNC(=O)C1CCCC(N)C1. The molecule has 0 spiro atoms. The van der Waals surface area contributed by atoms with Crippen LogP contribution in [0.2, 0.25) is 0 Å². The molecule has 1 aliphatic rings. The van der Waals surface area contributed by atoms with Gasteiger partial charge < -0.3 is 15.8 Å². The van der Waals surface area contributed by atoms with E-state index in [0.717, 1.165) is 43.4 Å². The van der Waals surface area contributed by atoms with E-state index in [2.05, 4.69) is 5.32 Å². The topological polar surface area (TPSA) is 64.3 Å². The molecule has 1 aromatic carbocycles. The van der Waals surface area contributed by atoms with Crippen LogP contribution in [0.25, 0.3) is 0 Å². The van der Waals surface area contributed by atoms with Crippen molar-refractivity contribution >= 4 is 5.91 Å². The molecule has 2 unspecified atom stereocenters. The van der Waals surface area contributed by atoms with E-state index in [1.165, 1.54) is 0 Å². The van der Waals surface area contributed by atoms with Crippen molar-refractivity contribution in [3.63, 3.8) is 0 Å². The van der Waals surface area contributed by atoms with Gasteiger partial charge in [-0.25, -0.2) is 0 Å². The number of nitrogens with one attached hydrogen (secondary N) is 1. The molecule has 21 heavy (non-hydrogen) atoms. The Labute approximate surface area is 127 Å². The van der Waals surface area contributed by atoms with Crippen LogP contribution in [0.3, 0.4) is 0 Å². The molecule has 0 aliphatic heterocycles. The first-order chi connectivity index (χ1) is 10.2. The number of rotatable bonds is 6. The van der Waals surface area contributed by atoms with Gasteiger partial charge >= 0.3 is 0 Å². The predicted octanol–water partition coefficient (Wildman–Crippen LogP) is 2.26. The summed E-state index contributed by atoms with van der Waals surface area (Å²) in [4.78, 5) is 12.1. The molecular weight excluding hydrogens is 264 g/mol. The molecule has 1 amide bonds. The zero-order valence-corrected chi connectivity index (χ0v) is 12.8. The largest absolute Gasteiger partial charge is 0.494 e. The van der Waals surface area contributed by atoms with E-state index >= 15 is 0 Å². The molecule has 2 rings (SSSR count). The van der Waals surface area contributed by atoms with Crippen LogP contribution >= 0.6 is 0 Å². The highest BCUT2D eigenvalue weighted by atomic mass is 16.5. The van der Waals surface area contributed by atoms with Gasteiger partial charge in [-0.3, -0.25) is 4.79 Å². The van der Waals surface area contributed by atoms with Gasteiger partial charge in [-0.1, -0.05) is 24.6 Å². The number of benzene rings is 1. The van der Waals surface area contributed by atoms with Crippen LogP contribution in [0.4, 0.5) is 0 Å². The average molecular weight is 290 g/mol. The minimum Gasteiger partial charge on any atom is -0.494 e. The monoisotopic (exact) mass is 290 g/mol. The molecule has 0 aromatic heterocycles. The van der Waals surface area contributed by atoms with Crippen LogP contribution in [0.1, 0.15) is 38.2 Å². The van der Waals surface area contributed by atoms with E-state index in [4.69, 9.17) is 10.5 Å². The van der Waals surface area contributed by atoms with Crippen molar-refractivity contribution in [2.75, 3.05) is 13.2 Å². The van der Waals surface area contributed by atoms with Crippen molar-refractivity contribution in [3.05, 3.63) is 29.8 Å². The molecule has 1 fully saturated rings. The highest BCUT2D eigenvalue weighted by Gasteiger charge is 2.24. The zero-order valence-electron chi connectivity index (χ0n) is 12.8. The Morgan fingerprint density at radius 3 is 2.95 bits per heavy atom. The minimum absolute atomic E-state index is 0.0934. The Morgan fingerprint density at radius 1 is 1.38 bits per heavy atom. The standard InChI is InChI=1S/C17H26N2O2/c1-2-21-16-9-4-3-6-13(16)10-11-19-17(20)14-7-5-8-15(18)12-14/h3-4,6,9,14-15H,2,5,7-8,10-12,18H2,1H3,(H,19,20). The van der Waals surface area contributed by atoms with Gasteiger partial charge in [-0.05, 0) is 44.2 Å². The van der Waals surface area contributed by atoms with Crippen molar-refractivity contribution in [2.45, 2.75) is 45.1 Å². The van der Waals surface area contributed by atoms with Gasteiger partial charge in [0.25, 0.3) is 0 Å². The lowest BCUT2D eigenvalue weighted by Crippen LogP contribution is -2.38. The summed E-state index contributed by atoms with van der Waals surface area (Å²) in [5.74, 6) is 1.16. The molecule has 0 heterocycles. The third kappa shape index (κ3) is 4.74. The van der Waals surface area contributed by atoms with Gasteiger partial charge in [0.2, 0.25) is 5.91 Å². The van der Waals surface area contributed by atoms with Crippen LogP contribution in [0.15, 0.2) is 24.3 Å². The summed E-state index contributed by atoms with van der Waals surface area (Å²) in [6.07, 6.45) is 4.69. The van der Waals surface area contributed by atoms with Crippen molar-refractivity contribution in [1.29, 1.82) is 0 Å². The Kier molecular flexibility index (Phi) is 6.05. The van der Waals surface area contributed by atoms with Crippen molar-refractivity contribution in [3.8, 4) is 5.75 Å². The quantitative estimate of drug-likeness (QED) is 0.844. The average Bonchev–Trinajstić information content (AvgIpc) is 2.49. The van der Waals surface area contributed by atoms with Gasteiger partial charge in [0, 0.05) is 18.5 Å². The van der Waals surface area contributed by atoms with Crippen LogP contribution in [-0.4, -0.2) is 25.1 Å². The zero-order chi connectivity index (χ0) is 15.1. The molecule has 0 bridgehead atoms. The fourth-order valence-electron chi connectivity index (χ4n) is 2.94. The van der Waals surface area contributed by atoms with Crippen LogP contribution < -0.4 is 15.8 Å². The first kappa shape index (κ1) is 15.8. The first-order valence-corrected chi connectivity index (χ1v) is 7.94. The van der Waals surface area contributed by atoms with Crippen LogP contribution in [0.5, 0.6) is 5.75 Å². The Morgan fingerprint density at radius 2 is 2.19 bits per heavy atom. The Bertz CT molecular complexity index is 462.